The zero-order valence-corrected chi connectivity index (χ0v) is 20.2. The number of aromatic nitrogens is 3. The molecule has 2 N–H and O–H groups in total. The van der Waals surface area contributed by atoms with Crippen LogP contribution in [0.25, 0.3) is 16.8 Å². The fourth-order valence-corrected chi connectivity index (χ4v) is 4.48. The van der Waals surface area contributed by atoms with E-state index in [1.807, 2.05) is 26.0 Å². The number of H-pyrrole nitrogens is 1. The van der Waals surface area contributed by atoms with E-state index >= 15 is 0 Å². The van der Waals surface area contributed by atoms with Crippen molar-refractivity contribution in [3.8, 4) is 11.5 Å². The van der Waals surface area contributed by atoms with Gasteiger partial charge in [0.25, 0.3) is 5.78 Å². The molecule has 182 valence electrons. The van der Waals surface area contributed by atoms with Gasteiger partial charge in [-0.05, 0) is 37.1 Å². The third-order valence-corrected chi connectivity index (χ3v) is 6.30. The van der Waals surface area contributed by atoms with Gasteiger partial charge < -0.3 is 19.6 Å². The minimum Gasteiger partial charge on any atom is -0.507 e. The molecule has 2 aromatic carbocycles. The summed E-state index contributed by atoms with van der Waals surface area (Å²) in [5, 5.41) is 11.4. The van der Waals surface area contributed by atoms with Crippen LogP contribution in [0.15, 0.2) is 60.4 Å². The molecule has 36 heavy (non-hydrogen) atoms. The van der Waals surface area contributed by atoms with E-state index in [0.29, 0.717) is 33.7 Å². The van der Waals surface area contributed by atoms with Gasteiger partial charge in [0, 0.05) is 30.1 Å². The lowest BCUT2D eigenvalue weighted by Gasteiger charge is -2.22. The maximum Gasteiger partial charge on any atom is 0.302 e. The molecule has 1 atom stereocenters. The first-order valence-corrected chi connectivity index (χ1v) is 11.2. The SMILES string of the molecule is COc1cc2nc(N3C(=O)C(=O)/C(=C(/O)c4cc(C)ccc4C)C3c3cccnc3)[nH]c2cc1OC. The first-order chi connectivity index (χ1) is 17.3. The largest absolute Gasteiger partial charge is 0.507 e. The van der Waals surface area contributed by atoms with Crippen LogP contribution in [0.3, 0.4) is 0 Å². The van der Waals surface area contributed by atoms with E-state index in [1.54, 1.807) is 42.7 Å². The molecule has 5 rings (SSSR count). The van der Waals surface area contributed by atoms with Gasteiger partial charge in [0.1, 0.15) is 5.76 Å². The number of amides is 1. The van der Waals surface area contributed by atoms with Gasteiger partial charge in [0.15, 0.2) is 11.5 Å². The molecular formula is C27H24N4O5. The average molecular weight is 485 g/mol. The molecule has 1 saturated heterocycles. The predicted molar refractivity (Wildman–Crippen MR) is 134 cm³/mol. The van der Waals surface area contributed by atoms with E-state index in [1.165, 1.54) is 19.1 Å². The molecule has 3 heterocycles. The highest BCUT2D eigenvalue weighted by molar-refractivity contribution is 6.51. The number of ketones is 1. The molecule has 4 aromatic rings. The number of benzene rings is 2. The Hall–Kier alpha value is -4.66. The number of aryl methyl sites for hydroxylation is 2. The van der Waals surface area contributed by atoms with Crippen LogP contribution in [0.1, 0.15) is 28.3 Å². The molecule has 9 heteroatoms. The molecule has 0 bridgehead atoms. The molecule has 9 nitrogen and oxygen atoms in total. The van der Waals surface area contributed by atoms with Crippen LogP contribution >= 0.6 is 0 Å². The number of rotatable bonds is 5. The summed E-state index contributed by atoms with van der Waals surface area (Å²) in [7, 11) is 3.04. The Kier molecular flexibility index (Phi) is 5.68. The Morgan fingerprint density at radius 2 is 1.81 bits per heavy atom. The fourth-order valence-electron chi connectivity index (χ4n) is 4.48. The predicted octanol–water partition coefficient (Wildman–Crippen LogP) is 4.22. The van der Waals surface area contributed by atoms with Gasteiger partial charge in [-0.25, -0.2) is 4.98 Å². The fraction of sp³-hybridized carbons (Fsp3) is 0.185. The smallest absolute Gasteiger partial charge is 0.302 e. The average Bonchev–Trinajstić information content (AvgIpc) is 3.42. The number of imidazole rings is 1. The summed E-state index contributed by atoms with van der Waals surface area (Å²) in [5.74, 6) is -0.752. The number of nitrogens with one attached hydrogen (secondary N) is 1. The van der Waals surface area contributed by atoms with Crippen molar-refractivity contribution in [2.24, 2.45) is 0 Å². The van der Waals surface area contributed by atoms with E-state index < -0.39 is 17.7 Å². The van der Waals surface area contributed by atoms with Crippen molar-refractivity contribution in [3.05, 3.63) is 82.7 Å². The summed E-state index contributed by atoms with van der Waals surface area (Å²) in [6.07, 6.45) is 3.16. The van der Waals surface area contributed by atoms with Crippen molar-refractivity contribution >= 4 is 34.4 Å². The van der Waals surface area contributed by atoms with Crippen LogP contribution in [0.4, 0.5) is 5.95 Å². The molecular weight excluding hydrogens is 460 g/mol. The number of aromatic amines is 1. The highest BCUT2D eigenvalue weighted by Crippen LogP contribution is 2.42. The summed E-state index contributed by atoms with van der Waals surface area (Å²) in [6.45, 7) is 3.73. The van der Waals surface area contributed by atoms with Crippen molar-refractivity contribution < 1.29 is 24.2 Å². The first-order valence-electron chi connectivity index (χ1n) is 11.2. The van der Waals surface area contributed by atoms with Gasteiger partial charge in [-0.2, -0.15) is 0 Å². The number of ether oxygens (including phenoxy) is 2. The number of methoxy groups -OCH3 is 2. The number of fused-ring (bicyclic) bond motifs is 1. The third-order valence-electron chi connectivity index (χ3n) is 6.30. The lowest BCUT2D eigenvalue weighted by Crippen LogP contribution is -2.30. The molecule has 0 radical (unpaired) electrons. The number of carbonyl (C=O) groups is 2. The number of hydrogen-bond donors (Lipinski definition) is 2. The van der Waals surface area contributed by atoms with E-state index in [0.717, 1.165) is 11.1 Å². The van der Waals surface area contributed by atoms with Crippen molar-refractivity contribution in [3.63, 3.8) is 0 Å². The Morgan fingerprint density at radius 3 is 2.50 bits per heavy atom. The van der Waals surface area contributed by atoms with Crippen LogP contribution in [-0.2, 0) is 9.59 Å². The Labute approximate surface area is 207 Å². The first kappa shape index (κ1) is 23.1. The second-order valence-corrected chi connectivity index (χ2v) is 8.56. The van der Waals surface area contributed by atoms with Gasteiger partial charge in [-0.1, -0.05) is 23.8 Å². The molecule has 1 aliphatic rings. The lowest BCUT2D eigenvalue weighted by molar-refractivity contribution is -0.132. The third kappa shape index (κ3) is 3.65. The lowest BCUT2D eigenvalue weighted by atomic mass is 9.94. The highest BCUT2D eigenvalue weighted by Gasteiger charge is 2.48. The van der Waals surface area contributed by atoms with Crippen LogP contribution in [0.5, 0.6) is 11.5 Å². The van der Waals surface area contributed by atoms with Gasteiger partial charge in [0.05, 0.1) is 36.9 Å². The summed E-state index contributed by atoms with van der Waals surface area (Å²) >= 11 is 0. The Morgan fingerprint density at radius 1 is 1.06 bits per heavy atom. The van der Waals surface area contributed by atoms with Crippen molar-refractivity contribution in [2.75, 3.05) is 19.1 Å². The number of aliphatic hydroxyl groups excluding tert-OH is 1. The monoisotopic (exact) mass is 484 g/mol. The van der Waals surface area contributed by atoms with Gasteiger partial charge >= 0.3 is 5.91 Å². The molecule has 1 fully saturated rings. The minimum absolute atomic E-state index is 0.0303. The molecule has 1 amide bonds. The summed E-state index contributed by atoms with van der Waals surface area (Å²) in [6, 6.07) is 11.5. The molecule has 2 aromatic heterocycles. The van der Waals surface area contributed by atoms with Gasteiger partial charge in [-0.15, -0.1) is 0 Å². The quantitative estimate of drug-likeness (QED) is 0.247. The number of nitrogens with zero attached hydrogens (tertiary/aromatic N) is 3. The highest BCUT2D eigenvalue weighted by atomic mass is 16.5. The molecule has 0 spiro atoms. The van der Waals surface area contributed by atoms with E-state index in [2.05, 4.69) is 15.0 Å². The maximum atomic E-state index is 13.4. The zero-order valence-electron chi connectivity index (χ0n) is 20.2. The van der Waals surface area contributed by atoms with Crippen LogP contribution in [0.2, 0.25) is 0 Å². The number of carbonyl (C=O) groups excluding carboxylic acids is 2. The second-order valence-electron chi connectivity index (χ2n) is 8.56. The van der Waals surface area contributed by atoms with Gasteiger partial charge in [0.2, 0.25) is 5.95 Å². The van der Waals surface area contributed by atoms with E-state index in [4.69, 9.17) is 9.47 Å². The Bertz CT molecular complexity index is 1500. The van der Waals surface area contributed by atoms with Crippen LogP contribution < -0.4 is 14.4 Å². The molecule has 1 aliphatic heterocycles. The number of Topliss-reactive ketones (excluding diaryl/α,β-unsaturated/α-hetero) is 1. The normalized spacial score (nSPS) is 17.1. The molecule has 0 aliphatic carbocycles. The van der Waals surface area contributed by atoms with Crippen molar-refractivity contribution in [2.45, 2.75) is 19.9 Å². The standard InChI is InChI=1S/C27H24N4O5/c1-14-7-8-15(2)17(10-14)24(32)22-23(16-6-5-9-28-13-16)31(26(34)25(22)33)27-29-18-11-20(35-3)21(36-4)12-19(18)30-27/h5-13,23,32H,1-4H3,(H,29,30)/b24-22+. The minimum atomic E-state index is -0.942. The summed E-state index contributed by atoms with van der Waals surface area (Å²) in [4.78, 5) is 39.9. The van der Waals surface area contributed by atoms with E-state index in [-0.39, 0.29) is 17.3 Å². The number of anilines is 1. The number of aliphatic hydroxyl groups is 1. The molecule has 1 unspecified atom stereocenters. The van der Waals surface area contributed by atoms with Crippen molar-refractivity contribution in [1.29, 1.82) is 0 Å². The van der Waals surface area contributed by atoms with Crippen molar-refractivity contribution in [1.82, 2.24) is 15.0 Å². The molecule has 0 saturated carbocycles. The van der Waals surface area contributed by atoms with Crippen LogP contribution in [-0.4, -0.2) is 46.0 Å². The Balaban J connectivity index is 1.73. The zero-order chi connectivity index (χ0) is 25.6. The van der Waals surface area contributed by atoms with E-state index in [9.17, 15) is 14.7 Å². The number of hydrogen-bond acceptors (Lipinski definition) is 7. The van der Waals surface area contributed by atoms with Crippen LogP contribution in [0, 0.1) is 13.8 Å². The second kappa shape index (κ2) is 8.84. The topological polar surface area (TPSA) is 118 Å². The maximum absolute atomic E-state index is 13.4. The summed E-state index contributed by atoms with van der Waals surface area (Å²) in [5.41, 5.74) is 3.80. The number of pyridine rings is 1. The van der Waals surface area contributed by atoms with Gasteiger partial charge in [-0.3, -0.25) is 19.5 Å². The summed E-state index contributed by atoms with van der Waals surface area (Å²) < 4.78 is 10.7.